The van der Waals surface area contributed by atoms with Crippen LogP contribution in [0, 0.1) is 25.7 Å². The fourth-order valence-electron chi connectivity index (χ4n) is 2.28. The second-order valence-corrected chi connectivity index (χ2v) is 5.32. The lowest BCUT2D eigenvalue weighted by Gasteiger charge is -2.07. The highest BCUT2D eigenvalue weighted by Crippen LogP contribution is 2.17. The van der Waals surface area contributed by atoms with Gasteiger partial charge in [-0.15, -0.1) is 0 Å². The molecule has 2 rings (SSSR count). The van der Waals surface area contributed by atoms with Gasteiger partial charge in [0, 0.05) is 18.0 Å². The molecule has 0 aliphatic heterocycles. The summed E-state index contributed by atoms with van der Waals surface area (Å²) in [5.41, 5.74) is 4.25. The van der Waals surface area contributed by atoms with Crippen LogP contribution in [0.4, 0.5) is 0 Å². The van der Waals surface area contributed by atoms with Gasteiger partial charge in [-0.2, -0.15) is 0 Å². The SMILES string of the molecule is COc1ccccc1CCNC(=O)C#Cc1cccc(C)c1C. The molecular weight excluding hydrogens is 286 g/mol. The molecule has 0 spiro atoms. The van der Waals surface area contributed by atoms with Crippen LogP contribution in [0.3, 0.4) is 0 Å². The summed E-state index contributed by atoms with van der Waals surface area (Å²) >= 11 is 0. The van der Waals surface area contributed by atoms with Crippen molar-refractivity contribution in [3.05, 3.63) is 64.7 Å². The van der Waals surface area contributed by atoms with Crippen molar-refractivity contribution in [1.29, 1.82) is 0 Å². The van der Waals surface area contributed by atoms with Crippen LogP contribution in [0.1, 0.15) is 22.3 Å². The molecule has 0 atom stereocenters. The number of amides is 1. The van der Waals surface area contributed by atoms with Gasteiger partial charge in [0.2, 0.25) is 0 Å². The van der Waals surface area contributed by atoms with E-state index in [9.17, 15) is 4.79 Å². The predicted molar refractivity (Wildman–Crippen MR) is 92.5 cm³/mol. The van der Waals surface area contributed by atoms with Crippen LogP contribution in [0.25, 0.3) is 0 Å². The average Bonchev–Trinajstić information content (AvgIpc) is 2.56. The summed E-state index contributed by atoms with van der Waals surface area (Å²) in [5.74, 6) is 6.16. The Morgan fingerprint density at radius 3 is 2.70 bits per heavy atom. The van der Waals surface area contributed by atoms with Gasteiger partial charge < -0.3 is 10.1 Å². The van der Waals surface area contributed by atoms with E-state index in [0.717, 1.165) is 22.4 Å². The number of methoxy groups -OCH3 is 1. The van der Waals surface area contributed by atoms with E-state index in [0.29, 0.717) is 13.0 Å². The Labute approximate surface area is 137 Å². The number of carbonyl (C=O) groups is 1. The Morgan fingerprint density at radius 1 is 1.13 bits per heavy atom. The van der Waals surface area contributed by atoms with E-state index in [-0.39, 0.29) is 5.91 Å². The van der Waals surface area contributed by atoms with Crippen LogP contribution in [0.15, 0.2) is 42.5 Å². The maximum atomic E-state index is 11.8. The number of nitrogens with one attached hydrogen (secondary N) is 1. The molecule has 0 heterocycles. The first kappa shape index (κ1) is 16.6. The summed E-state index contributed by atoms with van der Waals surface area (Å²) in [4.78, 5) is 11.8. The number of benzene rings is 2. The molecule has 0 aromatic heterocycles. The smallest absolute Gasteiger partial charge is 0.296 e. The highest BCUT2D eigenvalue weighted by Gasteiger charge is 2.02. The van der Waals surface area contributed by atoms with Gasteiger partial charge in [0.1, 0.15) is 5.75 Å². The van der Waals surface area contributed by atoms with Gasteiger partial charge >= 0.3 is 0 Å². The number of ether oxygens (including phenoxy) is 1. The monoisotopic (exact) mass is 307 g/mol. The lowest BCUT2D eigenvalue weighted by atomic mass is 10.0. The van der Waals surface area contributed by atoms with Crippen LogP contribution < -0.4 is 10.1 Å². The van der Waals surface area contributed by atoms with Gasteiger partial charge in [-0.3, -0.25) is 4.79 Å². The van der Waals surface area contributed by atoms with E-state index in [1.807, 2.05) is 56.3 Å². The summed E-state index contributed by atoms with van der Waals surface area (Å²) in [6, 6.07) is 13.7. The van der Waals surface area contributed by atoms with E-state index < -0.39 is 0 Å². The Hall–Kier alpha value is -2.73. The van der Waals surface area contributed by atoms with Gasteiger partial charge in [0.15, 0.2) is 0 Å². The van der Waals surface area contributed by atoms with E-state index in [1.165, 1.54) is 5.56 Å². The zero-order valence-electron chi connectivity index (χ0n) is 13.8. The number of aryl methyl sites for hydroxylation is 1. The van der Waals surface area contributed by atoms with Gasteiger partial charge in [-0.1, -0.05) is 36.3 Å². The standard InChI is InChI=1S/C20H21NO2/c1-15-7-6-9-17(16(15)2)11-12-20(22)21-14-13-18-8-4-5-10-19(18)23-3/h4-10H,13-14H2,1-3H3,(H,21,22). The minimum absolute atomic E-state index is 0.263. The van der Waals surface area contributed by atoms with Crippen molar-refractivity contribution in [2.75, 3.05) is 13.7 Å². The first-order chi connectivity index (χ1) is 11.1. The highest BCUT2D eigenvalue weighted by molar-refractivity contribution is 5.94. The first-order valence-electron chi connectivity index (χ1n) is 7.59. The Balaban J connectivity index is 1.91. The molecule has 23 heavy (non-hydrogen) atoms. The number of hydrogen-bond acceptors (Lipinski definition) is 2. The van der Waals surface area contributed by atoms with Gasteiger partial charge in [0.25, 0.3) is 5.91 Å². The summed E-state index contributed by atoms with van der Waals surface area (Å²) in [6.45, 7) is 4.58. The lowest BCUT2D eigenvalue weighted by Crippen LogP contribution is -2.24. The molecule has 2 aromatic rings. The zero-order chi connectivity index (χ0) is 16.7. The van der Waals surface area contributed by atoms with Crippen molar-refractivity contribution in [1.82, 2.24) is 5.32 Å². The highest BCUT2D eigenvalue weighted by atomic mass is 16.5. The third kappa shape index (κ3) is 4.62. The Morgan fingerprint density at radius 2 is 1.91 bits per heavy atom. The minimum Gasteiger partial charge on any atom is -0.496 e. The van der Waals surface area contributed by atoms with Crippen molar-refractivity contribution >= 4 is 5.91 Å². The molecule has 1 amide bonds. The van der Waals surface area contributed by atoms with E-state index in [2.05, 4.69) is 17.2 Å². The maximum absolute atomic E-state index is 11.8. The van der Waals surface area contributed by atoms with E-state index in [1.54, 1.807) is 7.11 Å². The van der Waals surface area contributed by atoms with Gasteiger partial charge in [-0.25, -0.2) is 0 Å². The topological polar surface area (TPSA) is 38.3 Å². The molecular formula is C20H21NO2. The second-order valence-electron chi connectivity index (χ2n) is 5.32. The van der Waals surface area contributed by atoms with Crippen LogP contribution in [-0.2, 0) is 11.2 Å². The van der Waals surface area contributed by atoms with Gasteiger partial charge in [-0.05, 0) is 49.1 Å². The van der Waals surface area contributed by atoms with Crippen molar-refractivity contribution in [2.45, 2.75) is 20.3 Å². The normalized spacial score (nSPS) is 9.70. The molecule has 118 valence electrons. The van der Waals surface area contributed by atoms with Crippen molar-refractivity contribution in [3.63, 3.8) is 0 Å². The molecule has 2 aromatic carbocycles. The number of carbonyl (C=O) groups excluding carboxylic acids is 1. The fourth-order valence-corrected chi connectivity index (χ4v) is 2.28. The zero-order valence-corrected chi connectivity index (χ0v) is 13.8. The summed E-state index contributed by atoms with van der Waals surface area (Å²) in [6.07, 6.45) is 0.709. The third-order valence-electron chi connectivity index (χ3n) is 3.79. The molecule has 0 saturated heterocycles. The summed E-state index contributed by atoms with van der Waals surface area (Å²) in [5, 5.41) is 2.82. The average molecular weight is 307 g/mol. The summed E-state index contributed by atoms with van der Waals surface area (Å²) in [7, 11) is 1.65. The maximum Gasteiger partial charge on any atom is 0.296 e. The number of hydrogen-bond donors (Lipinski definition) is 1. The molecule has 0 aliphatic rings. The minimum atomic E-state index is -0.263. The molecule has 1 N–H and O–H groups in total. The van der Waals surface area contributed by atoms with Gasteiger partial charge in [0.05, 0.1) is 7.11 Å². The van der Waals surface area contributed by atoms with Crippen molar-refractivity contribution < 1.29 is 9.53 Å². The quantitative estimate of drug-likeness (QED) is 0.882. The van der Waals surface area contributed by atoms with Crippen LogP contribution >= 0.6 is 0 Å². The Bertz CT molecular complexity index is 754. The van der Waals surface area contributed by atoms with Crippen LogP contribution in [0.2, 0.25) is 0 Å². The molecule has 0 bridgehead atoms. The molecule has 0 aliphatic carbocycles. The van der Waals surface area contributed by atoms with E-state index in [4.69, 9.17) is 4.74 Å². The molecule has 3 nitrogen and oxygen atoms in total. The lowest BCUT2D eigenvalue weighted by molar-refractivity contribution is -0.115. The molecule has 0 unspecified atom stereocenters. The second kappa shape index (κ2) is 8.05. The van der Waals surface area contributed by atoms with E-state index >= 15 is 0 Å². The molecule has 0 fully saturated rings. The fraction of sp³-hybridized carbons (Fsp3) is 0.250. The third-order valence-corrected chi connectivity index (χ3v) is 3.79. The summed E-state index contributed by atoms with van der Waals surface area (Å²) < 4.78 is 5.29. The number of para-hydroxylation sites is 1. The van der Waals surface area contributed by atoms with Crippen LogP contribution in [-0.4, -0.2) is 19.6 Å². The molecule has 3 heteroatoms. The first-order valence-corrected chi connectivity index (χ1v) is 7.59. The van der Waals surface area contributed by atoms with Crippen molar-refractivity contribution in [2.24, 2.45) is 0 Å². The molecule has 0 radical (unpaired) electrons. The number of rotatable bonds is 4. The Kier molecular flexibility index (Phi) is 5.82. The largest absolute Gasteiger partial charge is 0.496 e. The van der Waals surface area contributed by atoms with Crippen LogP contribution in [0.5, 0.6) is 5.75 Å². The molecule has 0 saturated carbocycles. The van der Waals surface area contributed by atoms with Crippen molar-refractivity contribution in [3.8, 4) is 17.6 Å². The predicted octanol–water partition coefficient (Wildman–Crippen LogP) is 3.02.